The topological polar surface area (TPSA) is 75.4 Å². The maximum Gasteiger partial charge on any atom is 0.210 e. The Morgan fingerprint density at radius 2 is 2.20 bits per heavy atom. The van der Waals surface area contributed by atoms with Gasteiger partial charge in [0.15, 0.2) is 0 Å². The lowest BCUT2D eigenvalue weighted by Crippen LogP contribution is -2.38. The molecule has 1 fully saturated rings. The third kappa shape index (κ3) is 4.92. The Hall–Kier alpha value is -0.170. The van der Waals surface area contributed by atoms with Crippen LogP contribution in [0.15, 0.2) is 0 Å². The van der Waals surface area contributed by atoms with Crippen LogP contribution in [0.2, 0.25) is 0 Å². The molecule has 1 heterocycles. The summed E-state index contributed by atoms with van der Waals surface area (Å²) in [5.74, 6) is 0.0190. The van der Waals surface area contributed by atoms with Gasteiger partial charge < -0.3 is 5.32 Å². The van der Waals surface area contributed by atoms with Crippen molar-refractivity contribution in [2.24, 2.45) is 5.14 Å². The van der Waals surface area contributed by atoms with Gasteiger partial charge in [-0.15, -0.1) is 0 Å². The zero-order chi connectivity index (χ0) is 11.5. The van der Waals surface area contributed by atoms with Crippen LogP contribution in [0.1, 0.15) is 20.3 Å². The first-order chi connectivity index (χ1) is 6.88. The number of nitrogens with two attached hydrogens (primary N) is 1. The first-order valence-corrected chi connectivity index (χ1v) is 7.08. The highest BCUT2D eigenvalue weighted by molar-refractivity contribution is 7.89. The van der Waals surface area contributed by atoms with E-state index in [0.29, 0.717) is 18.6 Å². The van der Waals surface area contributed by atoms with Gasteiger partial charge >= 0.3 is 0 Å². The van der Waals surface area contributed by atoms with Crippen molar-refractivity contribution in [3.63, 3.8) is 0 Å². The van der Waals surface area contributed by atoms with Gasteiger partial charge in [-0.2, -0.15) is 0 Å². The Bertz CT molecular complexity index is 290. The van der Waals surface area contributed by atoms with Crippen LogP contribution >= 0.6 is 0 Å². The Kier molecular flexibility index (Phi) is 4.51. The van der Waals surface area contributed by atoms with E-state index in [0.717, 1.165) is 19.5 Å². The SMILES string of the molecule is CC(C)N1CCC(NCCS(N)(=O)=O)C1. The summed E-state index contributed by atoms with van der Waals surface area (Å²) in [5.41, 5.74) is 0. The fraction of sp³-hybridized carbons (Fsp3) is 1.00. The van der Waals surface area contributed by atoms with Crippen LogP contribution in [0, 0.1) is 0 Å². The van der Waals surface area contributed by atoms with Crippen molar-refractivity contribution in [3.8, 4) is 0 Å². The van der Waals surface area contributed by atoms with E-state index in [2.05, 4.69) is 24.1 Å². The number of nitrogens with one attached hydrogen (secondary N) is 1. The Morgan fingerprint density at radius 3 is 2.67 bits per heavy atom. The van der Waals surface area contributed by atoms with Gasteiger partial charge in [0.2, 0.25) is 10.0 Å². The van der Waals surface area contributed by atoms with Crippen molar-refractivity contribution in [3.05, 3.63) is 0 Å². The Labute approximate surface area is 92.1 Å². The summed E-state index contributed by atoms with van der Waals surface area (Å²) in [5, 5.41) is 8.14. The molecule has 5 nitrogen and oxygen atoms in total. The second kappa shape index (κ2) is 5.25. The van der Waals surface area contributed by atoms with Gasteiger partial charge in [-0.1, -0.05) is 0 Å². The van der Waals surface area contributed by atoms with Gasteiger partial charge in [-0.3, -0.25) is 4.90 Å². The average Bonchev–Trinajstić information content (AvgIpc) is 2.50. The second-order valence-corrected chi connectivity index (χ2v) is 6.13. The van der Waals surface area contributed by atoms with Gasteiger partial charge in [0.1, 0.15) is 0 Å². The molecule has 0 spiro atoms. The van der Waals surface area contributed by atoms with Gasteiger partial charge in [-0.25, -0.2) is 13.6 Å². The van der Waals surface area contributed by atoms with E-state index in [1.165, 1.54) is 0 Å². The number of hydrogen-bond donors (Lipinski definition) is 2. The molecule has 0 saturated carbocycles. The molecular formula is C9H21N3O2S. The monoisotopic (exact) mass is 235 g/mol. The van der Waals surface area contributed by atoms with Crippen molar-refractivity contribution in [2.45, 2.75) is 32.4 Å². The van der Waals surface area contributed by atoms with Crippen LogP contribution in [-0.4, -0.2) is 50.8 Å². The molecule has 6 heteroatoms. The lowest BCUT2D eigenvalue weighted by atomic mass is 10.3. The molecule has 1 aliphatic heterocycles. The summed E-state index contributed by atoms with van der Waals surface area (Å²) in [6.07, 6.45) is 1.09. The van der Waals surface area contributed by atoms with Crippen LogP contribution in [0.5, 0.6) is 0 Å². The molecule has 1 atom stereocenters. The number of hydrogen-bond acceptors (Lipinski definition) is 4. The number of likely N-dealkylation sites (tertiary alicyclic amines) is 1. The highest BCUT2D eigenvalue weighted by Gasteiger charge is 2.23. The van der Waals surface area contributed by atoms with Crippen LogP contribution in [0.3, 0.4) is 0 Å². The molecule has 0 aliphatic carbocycles. The molecule has 15 heavy (non-hydrogen) atoms. The van der Waals surface area contributed by atoms with Crippen LogP contribution < -0.4 is 10.5 Å². The number of rotatable bonds is 5. The maximum absolute atomic E-state index is 10.7. The highest BCUT2D eigenvalue weighted by Crippen LogP contribution is 2.11. The lowest BCUT2D eigenvalue weighted by Gasteiger charge is -2.20. The summed E-state index contributed by atoms with van der Waals surface area (Å²) in [6, 6.07) is 0.976. The van der Waals surface area contributed by atoms with Crippen molar-refractivity contribution >= 4 is 10.0 Å². The molecule has 0 radical (unpaired) electrons. The van der Waals surface area contributed by atoms with Crippen molar-refractivity contribution in [1.82, 2.24) is 10.2 Å². The largest absolute Gasteiger partial charge is 0.312 e. The maximum atomic E-state index is 10.7. The minimum atomic E-state index is -3.32. The van der Waals surface area contributed by atoms with Gasteiger partial charge in [0.05, 0.1) is 5.75 Å². The molecule has 0 aromatic rings. The third-order valence-corrected chi connectivity index (χ3v) is 3.54. The van der Waals surface area contributed by atoms with E-state index >= 15 is 0 Å². The summed E-state index contributed by atoms with van der Waals surface area (Å²) in [7, 11) is -3.32. The summed E-state index contributed by atoms with van der Waals surface area (Å²) in [4.78, 5) is 2.38. The molecule has 1 unspecified atom stereocenters. The normalized spacial score (nSPS) is 23.9. The molecule has 1 rings (SSSR count). The van der Waals surface area contributed by atoms with E-state index in [-0.39, 0.29) is 5.75 Å². The first-order valence-electron chi connectivity index (χ1n) is 5.36. The molecule has 90 valence electrons. The zero-order valence-corrected chi connectivity index (χ0v) is 10.3. The lowest BCUT2D eigenvalue weighted by molar-refractivity contribution is 0.268. The molecule has 1 aliphatic rings. The standard InChI is InChI=1S/C9H21N3O2S/c1-8(2)12-5-3-9(7-12)11-4-6-15(10,13)14/h8-9,11H,3-7H2,1-2H3,(H2,10,13,14). The summed E-state index contributed by atoms with van der Waals surface area (Å²) >= 11 is 0. The quantitative estimate of drug-likeness (QED) is 0.664. The molecule has 1 saturated heterocycles. The first kappa shape index (κ1) is 12.9. The minimum absolute atomic E-state index is 0.0190. The Morgan fingerprint density at radius 1 is 1.53 bits per heavy atom. The molecule has 0 amide bonds. The summed E-state index contributed by atoms with van der Waals surface area (Å²) < 4.78 is 21.4. The van der Waals surface area contributed by atoms with Crippen molar-refractivity contribution in [2.75, 3.05) is 25.4 Å². The highest BCUT2D eigenvalue weighted by atomic mass is 32.2. The molecule has 0 aromatic heterocycles. The van der Waals surface area contributed by atoms with Crippen LogP contribution in [0.4, 0.5) is 0 Å². The average molecular weight is 235 g/mol. The van der Waals surface area contributed by atoms with E-state index in [1.54, 1.807) is 0 Å². The van der Waals surface area contributed by atoms with Crippen molar-refractivity contribution < 1.29 is 8.42 Å². The van der Waals surface area contributed by atoms with Crippen LogP contribution in [0.25, 0.3) is 0 Å². The smallest absolute Gasteiger partial charge is 0.210 e. The van der Waals surface area contributed by atoms with Gasteiger partial charge in [0.25, 0.3) is 0 Å². The Balaban J connectivity index is 2.20. The second-order valence-electron chi connectivity index (χ2n) is 4.40. The molecular weight excluding hydrogens is 214 g/mol. The number of sulfonamides is 1. The van der Waals surface area contributed by atoms with E-state index < -0.39 is 10.0 Å². The van der Waals surface area contributed by atoms with Gasteiger partial charge in [-0.05, 0) is 26.8 Å². The number of primary sulfonamides is 1. The molecule has 3 N–H and O–H groups in total. The van der Waals surface area contributed by atoms with E-state index in [9.17, 15) is 8.42 Å². The van der Waals surface area contributed by atoms with E-state index in [4.69, 9.17) is 5.14 Å². The molecule has 0 aromatic carbocycles. The van der Waals surface area contributed by atoms with E-state index in [1.807, 2.05) is 0 Å². The predicted octanol–water partition coefficient (Wildman–Crippen LogP) is -0.653. The van der Waals surface area contributed by atoms with Crippen LogP contribution in [-0.2, 0) is 10.0 Å². The fourth-order valence-electron chi connectivity index (χ4n) is 1.83. The minimum Gasteiger partial charge on any atom is -0.312 e. The predicted molar refractivity (Wildman–Crippen MR) is 61.1 cm³/mol. The molecule has 0 bridgehead atoms. The van der Waals surface area contributed by atoms with Crippen molar-refractivity contribution in [1.29, 1.82) is 0 Å². The van der Waals surface area contributed by atoms with Gasteiger partial charge in [0, 0.05) is 25.2 Å². The third-order valence-electron chi connectivity index (χ3n) is 2.77. The number of nitrogens with zero attached hydrogens (tertiary/aromatic N) is 1. The summed E-state index contributed by atoms with van der Waals surface area (Å²) in [6.45, 7) is 6.89. The fourth-order valence-corrected chi connectivity index (χ4v) is 2.23. The zero-order valence-electron chi connectivity index (χ0n) is 9.44.